The van der Waals surface area contributed by atoms with Gasteiger partial charge in [-0.1, -0.05) is 15.9 Å². The van der Waals surface area contributed by atoms with E-state index in [-0.39, 0.29) is 5.78 Å². The van der Waals surface area contributed by atoms with Gasteiger partial charge in [0, 0.05) is 4.47 Å². The fourth-order valence-electron chi connectivity index (χ4n) is 1.70. The lowest BCUT2D eigenvalue weighted by Crippen LogP contribution is -2.12. The van der Waals surface area contributed by atoms with Crippen LogP contribution in [0, 0.1) is 0 Å². The summed E-state index contributed by atoms with van der Waals surface area (Å²) in [6.07, 6.45) is 2.02. The van der Waals surface area contributed by atoms with E-state index in [1.54, 1.807) is 6.92 Å². The first-order chi connectivity index (χ1) is 6.68. The summed E-state index contributed by atoms with van der Waals surface area (Å²) < 4.78 is 6.48. The Morgan fingerprint density at radius 3 is 3.00 bits per heavy atom. The second kappa shape index (κ2) is 3.73. The van der Waals surface area contributed by atoms with Gasteiger partial charge in [0.15, 0.2) is 5.78 Å². The van der Waals surface area contributed by atoms with Gasteiger partial charge in [-0.2, -0.15) is 0 Å². The molecule has 0 radical (unpaired) electrons. The molecule has 2 rings (SSSR count). The second-order valence-electron chi connectivity index (χ2n) is 3.45. The molecular weight excluding hydrogens is 244 g/mol. The molecule has 0 unspecified atom stereocenters. The lowest BCUT2D eigenvalue weighted by atomic mass is 10.0. The summed E-state index contributed by atoms with van der Waals surface area (Å²) in [6, 6.07) is 3.85. The van der Waals surface area contributed by atoms with Crippen LogP contribution in [0.3, 0.4) is 0 Å². The van der Waals surface area contributed by atoms with Gasteiger partial charge in [-0.25, -0.2) is 0 Å². The Hall–Kier alpha value is -0.830. The quantitative estimate of drug-likeness (QED) is 0.721. The molecule has 0 saturated heterocycles. The van der Waals surface area contributed by atoms with Gasteiger partial charge in [-0.15, -0.1) is 0 Å². The average molecular weight is 255 g/mol. The molecule has 14 heavy (non-hydrogen) atoms. The third-order valence-corrected chi connectivity index (χ3v) is 2.80. The first kappa shape index (κ1) is 9.71. The molecule has 0 aromatic heterocycles. The van der Waals surface area contributed by atoms with E-state index in [0.29, 0.717) is 5.56 Å². The first-order valence-corrected chi connectivity index (χ1v) is 5.44. The average Bonchev–Trinajstić information content (AvgIpc) is 2.16. The van der Waals surface area contributed by atoms with Crippen LogP contribution in [0.2, 0.25) is 0 Å². The monoisotopic (exact) mass is 254 g/mol. The van der Waals surface area contributed by atoms with E-state index in [1.165, 1.54) is 0 Å². The molecule has 3 heteroatoms. The SMILES string of the molecule is CC(=O)c1cc(Br)cc2c1OCCC2. The third-order valence-electron chi connectivity index (χ3n) is 2.35. The maximum absolute atomic E-state index is 11.4. The third kappa shape index (κ3) is 1.69. The minimum absolute atomic E-state index is 0.0597. The molecule has 1 aliphatic rings. The van der Waals surface area contributed by atoms with Crippen molar-refractivity contribution in [1.82, 2.24) is 0 Å². The number of aryl methyl sites for hydroxylation is 1. The minimum Gasteiger partial charge on any atom is -0.493 e. The molecule has 0 bridgehead atoms. The van der Waals surface area contributed by atoms with E-state index in [2.05, 4.69) is 15.9 Å². The molecule has 0 saturated carbocycles. The summed E-state index contributed by atoms with van der Waals surface area (Å²) in [6.45, 7) is 2.29. The molecule has 0 atom stereocenters. The summed E-state index contributed by atoms with van der Waals surface area (Å²) in [5, 5.41) is 0. The second-order valence-corrected chi connectivity index (χ2v) is 4.37. The molecule has 1 aliphatic heterocycles. The minimum atomic E-state index is 0.0597. The molecule has 0 fully saturated rings. The summed E-state index contributed by atoms with van der Waals surface area (Å²) in [4.78, 5) is 11.4. The van der Waals surface area contributed by atoms with Gasteiger partial charge >= 0.3 is 0 Å². The lowest BCUT2D eigenvalue weighted by Gasteiger charge is -2.19. The van der Waals surface area contributed by atoms with Gasteiger partial charge in [-0.05, 0) is 37.5 Å². The van der Waals surface area contributed by atoms with Crippen LogP contribution >= 0.6 is 15.9 Å². The molecule has 0 aliphatic carbocycles. The van der Waals surface area contributed by atoms with Crippen LogP contribution in [0.4, 0.5) is 0 Å². The lowest BCUT2D eigenvalue weighted by molar-refractivity contribution is 0.101. The summed E-state index contributed by atoms with van der Waals surface area (Å²) in [5.41, 5.74) is 1.82. The molecule has 2 nitrogen and oxygen atoms in total. The number of carbonyl (C=O) groups excluding carboxylic acids is 1. The standard InChI is InChI=1S/C11H11BrO2/c1-7(13)10-6-9(12)5-8-3-2-4-14-11(8)10/h5-6H,2-4H2,1H3. The summed E-state index contributed by atoms with van der Waals surface area (Å²) in [5.74, 6) is 0.844. The zero-order valence-corrected chi connectivity index (χ0v) is 9.56. The summed E-state index contributed by atoms with van der Waals surface area (Å²) >= 11 is 3.40. The van der Waals surface area contributed by atoms with E-state index in [4.69, 9.17) is 4.74 Å². The number of hydrogen-bond acceptors (Lipinski definition) is 2. The highest BCUT2D eigenvalue weighted by atomic mass is 79.9. The highest BCUT2D eigenvalue weighted by molar-refractivity contribution is 9.10. The van der Waals surface area contributed by atoms with Crippen molar-refractivity contribution in [1.29, 1.82) is 0 Å². The zero-order chi connectivity index (χ0) is 10.1. The van der Waals surface area contributed by atoms with E-state index >= 15 is 0 Å². The van der Waals surface area contributed by atoms with E-state index in [0.717, 1.165) is 35.2 Å². The molecule has 1 aromatic carbocycles. The Labute approximate surface area is 91.4 Å². The highest BCUT2D eigenvalue weighted by Crippen LogP contribution is 2.32. The van der Waals surface area contributed by atoms with E-state index < -0.39 is 0 Å². The molecule has 1 heterocycles. The predicted octanol–water partition coefficient (Wildman–Crippen LogP) is 2.98. The number of fused-ring (bicyclic) bond motifs is 1. The molecular formula is C11H11BrO2. The number of rotatable bonds is 1. The van der Waals surface area contributed by atoms with Crippen molar-refractivity contribution < 1.29 is 9.53 Å². The molecule has 74 valence electrons. The normalized spacial score (nSPS) is 14.4. The fourth-order valence-corrected chi connectivity index (χ4v) is 2.21. The Bertz CT molecular complexity index is 385. The van der Waals surface area contributed by atoms with Crippen LogP contribution in [0.5, 0.6) is 5.75 Å². The molecule has 1 aromatic rings. The predicted molar refractivity (Wildman–Crippen MR) is 58.0 cm³/mol. The Kier molecular flexibility index (Phi) is 2.59. The Morgan fingerprint density at radius 1 is 1.50 bits per heavy atom. The van der Waals surface area contributed by atoms with Crippen LogP contribution in [-0.2, 0) is 6.42 Å². The van der Waals surface area contributed by atoms with Gasteiger partial charge in [-0.3, -0.25) is 4.79 Å². The van der Waals surface area contributed by atoms with Gasteiger partial charge in [0.25, 0.3) is 0 Å². The Balaban J connectivity index is 2.58. The number of hydrogen-bond donors (Lipinski definition) is 0. The van der Waals surface area contributed by atoms with Crippen LogP contribution in [0.15, 0.2) is 16.6 Å². The van der Waals surface area contributed by atoms with Gasteiger partial charge < -0.3 is 4.74 Å². The fraction of sp³-hybridized carbons (Fsp3) is 0.364. The first-order valence-electron chi connectivity index (χ1n) is 4.64. The van der Waals surface area contributed by atoms with Crippen LogP contribution in [0.1, 0.15) is 29.3 Å². The van der Waals surface area contributed by atoms with Gasteiger partial charge in [0.2, 0.25) is 0 Å². The van der Waals surface area contributed by atoms with Crippen molar-refractivity contribution in [3.05, 3.63) is 27.7 Å². The molecule has 0 amide bonds. The van der Waals surface area contributed by atoms with Crippen molar-refractivity contribution in [3.63, 3.8) is 0 Å². The number of ketones is 1. The van der Waals surface area contributed by atoms with Crippen LogP contribution < -0.4 is 4.74 Å². The Morgan fingerprint density at radius 2 is 2.29 bits per heavy atom. The largest absolute Gasteiger partial charge is 0.493 e. The van der Waals surface area contributed by atoms with Crippen molar-refractivity contribution in [3.8, 4) is 5.75 Å². The van der Waals surface area contributed by atoms with E-state index in [1.807, 2.05) is 12.1 Å². The smallest absolute Gasteiger partial charge is 0.163 e. The number of benzene rings is 1. The maximum Gasteiger partial charge on any atom is 0.163 e. The summed E-state index contributed by atoms with van der Waals surface area (Å²) in [7, 11) is 0. The van der Waals surface area contributed by atoms with Gasteiger partial charge in [0.1, 0.15) is 5.75 Å². The highest BCUT2D eigenvalue weighted by Gasteiger charge is 2.17. The van der Waals surface area contributed by atoms with E-state index in [9.17, 15) is 4.79 Å². The van der Waals surface area contributed by atoms with Crippen molar-refractivity contribution in [2.75, 3.05) is 6.61 Å². The van der Waals surface area contributed by atoms with Crippen LogP contribution in [-0.4, -0.2) is 12.4 Å². The van der Waals surface area contributed by atoms with Crippen molar-refractivity contribution >= 4 is 21.7 Å². The topological polar surface area (TPSA) is 26.3 Å². The zero-order valence-electron chi connectivity index (χ0n) is 7.97. The van der Waals surface area contributed by atoms with Crippen molar-refractivity contribution in [2.24, 2.45) is 0 Å². The van der Waals surface area contributed by atoms with Crippen molar-refractivity contribution in [2.45, 2.75) is 19.8 Å². The molecule has 0 spiro atoms. The maximum atomic E-state index is 11.4. The number of Topliss-reactive ketones (excluding diaryl/α,β-unsaturated/α-hetero) is 1. The van der Waals surface area contributed by atoms with Crippen LogP contribution in [0.25, 0.3) is 0 Å². The number of halogens is 1. The van der Waals surface area contributed by atoms with Gasteiger partial charge in [0.05, 0.1) is 12.2 Å². The number of carbonyl (C=O) groups is 1. The molecule has 0 N–H and O–H groups in total. The number of ether oxygens (including phenoxy) is 1.